The number of carboxylic acids is 1. The summed E-state index contributed by atoms with van der Waals surface area (Å²) in [6.07, 6.45) is 8.79. The van der Waals surface area contributed by atoms with Crippen molar-refractivity contribution in [3.8, 4) is 0 Å². The number of carboxylic acid groups (broad SMARTS) is 1. The first kappa shape index (κ1) is 14.3. The average molecular weight is 252 g/mol. The van der Waals surface area contributed by atoms with E-state index in [9.17, 15) is 13.2 Å². The molecule has 2 nitrogen and oxygen atoms in total. The van der Waals surface area contributed by atoms with Crippen molar-refractivity contribution in [3.05, 3.63) is 0 Å². The molecule has 0 aromatic carbocycles. The quantitative estimate of drug-likeness (QED) is 0.703. The lowest BCUT2D eigenvalue weighted by Crippen LogP contribution is -2.21. The van der Waals surface area contributed by atoms with Gasteiger partial charge >= 0.3 is 12.1 Å². The number of hydrogen-bond acceptors (Lipinski definition) is 1. The van der Waals surface area contributed by atoms with Crippen LogP contribution in [-0.2, 0) is 4.79 Å². The first-order valence-electron chi connectivity index (χ1n) is 6.16. The van der Waals surface area contributed by atoms with Crippen LogP contribution >= 0.6 is 0 Å². The molecule has 0 aliphatic heterocycles. The normalized spacial score (nSPS) is 23.0. The fraction of sp³-hybridized carbons (Fsp3) is 0.917. The van der Waals surface area contributed by atoms with Gasteiger partial charge in [-0.3, -0.25) is 0 Å². The molecule has 2 aliphatic rings. The van der Waals surface area contributed by atoms with E-state index in [2.05, 4.69) is 0 Å². The van der Waals surface area contributed by atoms with Crippen molar-refractivity contribution in [2.45, 2.75) is 64.0 Å². The summed E-state index contributed by atoms with van der Waals surface area (Å²) in [4.78, 5) is 8.90. The zero-order valence-electron chi connectivity index (χ0n) is 9.85. The van der Waals surface area contributed by atoms with Gasteiger partial charge in [-0.2, -0.15) is 13.2 Å². The van der Waals surface area contributed by atoms with E-state index in [0.717, 1.165) is 5.41 Å². The highest BCUT2D eigenvalue weighted by Crippen LogP contribution is 2.48. The van der Waals surface area contributed by atoms with E-state index < -0.39 is 12.1 Å². The molecule has 1 N–H and O–H groups in total. The molecule has 0 radical (unpaired) electrons. The van der Waals surface area contributed by atoms with Crippen LogP contribution in [0, 0.1) is 5.41 Å². The number of hydrogen-bond donors (Lipinski definition) is 1. The highest BCUT2D eigenvalue weighted by Gasteiger charge is 2.38. The summed E-state index contributed by atoms with van der Waals surface area (Å²) < 4.78 is 31.7. The second-order valence-corrected chi connectivity index (χ2v) is 5.07. The fourth-order valence-corrected chi connectivity index (χ4v) is 2.93. The van der Waals surface area contributed by atoms with Gasteiger partial charge in [-0.15, -0.1) is 0 Å². The lowest BCUT2D eigenvalue weighted by atomic mass is 9.73. The van der Waals surface area contributed by atoms with Gasteiger partial charge in [0.1, 0.15) is 0 Å². The number of aliphatic carboxylic acids is 1. The van der Waals surface area contributed by atoms with Crippen LogP contribution in [0.1, 0.15) is 57.8 Å². The summed E-state index contributed by atoms with van der Waals surface area (Å²) in [5.74, 6) is -2.76. The van der Waals surface area contributed by atoms with Crippen LogP contribution < -0.4 is 0 Å². The second kappa shape index (κ2) is 5.74. The molecule has 17 heavy (non-hydrogen) atoms. The van der Waals surface area contributed by atoms with Crippen molar-refractivity contribution in [1.82, 2.24) is 0 Å². The Kier molecular flexibility index (Phi) is 4.83. The molecule has 0 amide bonds. The molecule has 0 aromatic rings. The first-order valence-corrected chi connectivity index (χ1v) is 6.16. The van der Waals surface area contributed by atoms with Gasteiger partial charge in [-0.05, 0) is 31.1 Å². The summed E-state index contributed by atoms with van der Waals surface area (Å²) in [5.41, 5.74) is 0.873. The standard InChI is InChI=1S/C10H18.C2HF3O2/c1-2-6-10(7-3-1)8-4-5-9-10;3-2(4,5)1(6)7/h1-9H2;(H,6,7). The molecule has 0 atom stereocenters. The van der Waals surface area contributed by atoms with Crippen LogP contribution in [0.15, 0.2) is 0 Å². The van der Waals surface area contributed by atoms with Crippen molar-refractivity contribution < 1.29 is 23.1 Å². The van der Waals surface area contributed by atoms with Gasteiger partial charge in [0.05, 0.1) is 0 Å². The number of halogens is 3. The maximum Gasteiger partial charge on any atom is 0.490 e. The molecule has 0 heterocycles. The van der Waals surface area contributed by atoms with E-state index in [1.165, 1.54) is 32.1 Å². The van der Waals surface area contributed by atoms with E-state index in [4.69, 9.17) is 9.90 Å². The van der Waals surface area contributed by atoms with Crippen LogP contribution in [0.4, 0.5) is 13.2 Å². The summed E-state index contributed by atoms with van der Waals surface area (Å²) in [5, 5.41) is 7.12. The molecule has 0 aromatic heterocycles. The monoisotopic (exact) mass is 252 g/mol. The van der Waals surface area contributed by atoms with Gasteiger partial charge in [-0.1, -0.05) is 32.1 Å². The van der Waals surface area contributed by atoms with E-state index in [1.807, 2.05) is 0 Å². The van der Waals surface area contributed by atoms with Gasteiger partial charge in [-0.25, -0.2) is 4.79 Å². The third-order valence-corrected chi connectivity index (χ3v) is 3.82. The summed E-state index contributed by atoms with van der Waals surface area (Å²) >= 11 is 0. The lowest BCUT2D eigenvalue weighted by Gasteiger charge is -2.32. The van der Waals surface area contributed by atoms with Gasteiger partial charge in [0, 0.05) is 0 Å². The Balaban J connectivity index is 0.000000185. The lowest BCUT2D eigenvalue weighted by molar-refractivity contribution is -0.192. The second-order valence-electron chi connectivity index (χ2n) is 5.07. The molecule has 2 rings (SSSR count). The molecule has 100 valence electrons. The van der Waals surface area contributed by atoms with Gasteiger partial charge in [0.2, 0.25) is 0 Å². The molecule has 0 bridgehead atoms. The van der Waals surface area contributed by atoms with Crippen LogP contribution in [0.25, 0.3) is 0 Å². The van der Waals surface area contributed by atoms with Gasteiger partial charge in [0.25, 0.3) is 0 Å². The highest BCUT2D eigenvalue weighted by molar-refractivity contribution is 5.73. The van der Waals surface area contributed by atoms with Gasteiger partial charge in [0.15, 0.2) is 0 Å². The predicted octanol–water partition coefficient (Wildman–Crippen LogP) is 4.14. The zero-order chi connectivity index (χ0) is 12.9. The Bertz CT molecular complexity index is 247. The summed E-state index contributed by atoms with van der Waals surface area (Å²) in [6, 6.07) is 0. The molecule has 5 heteroatoms. The minimum absolute atomic E-state index is 0.873. The number of carbonyl (C=O) groups is 1. The zero-order valence-corrected chi connectivity index (χ0v) is 9.85. The Morgan fingerprint density at radius 1 is 0.882 bits per heavy atom. The number of rotatable bonds is 0. The molecule has 2 aliphatic carbocycles. The maximum absolute atomic E-state index is 10.6. The molecule has 2 saturated carbocycles. The Morgan fingerprint density at radius 3 is 1.47 bits per heavy atom. The first-order chi connectivity index (χ1) is 7.86. The SMILES string of the molecule is C1CCC2(CC1)CCCC2.O=C(O)C(F)(F)F. The maximum atomic E-state index is 10.6. The Morgan fingerprint density at radius 2 is 1.18 bits per heavy atom. The van der Waals surface area contributed by atoms with Crippen molar-refractivity contribution in [1.29, 1.82) is 0 Å². The smallest absolute Gasteiger partial charge is 0.475 e. The molecule has 0 unspecified atom stereocenters. The van der Waals surface area contributed by atoms with E-state index in [-0.39, 0.29) is 0 Å². The summed E-state index contributed by atoms with van der Waals surface area (Å²) in [6.45, 7) is 0. The molecule has 1 spiro atoms. The minimum atomic E-state index is -5.08. The van der Waals surface area contributed by atoms with Gasteiger partial charge < -0.3 is 5.11 Å². The van der Waals surface area contributed by atoms with E-state index in [0.29, 0.717) is 0 Å². The predicted molar refractivity (Wildman–Crippen MR) is 57.7 cm³/mol. The van der Waals surface area contributed by atoms with Crippen molar-refractivity contribution in [2.24, 2.45) is 5.41 Å². The van der Waals surface area contributed by atoms with E-state index in [1.54, 1.807) is 25.7 Å². The van der Waals surface area contributed by atoms with Crippen LogP contribution in [0.2, 0.25) is 0 Å². The molecule has 0 saturated heterocycles. The molecular formula is C12H19F3O2. The minimum Gasteiger partial charge on any atom is -0.475 e. The van der Waals surface area contributed by atoms with E-state index >= 15 is 0 Å². The topological polar surface area (TPSA) is 37.3 Å². The molecular weight excluding hydrogens is 233 g/mol. The van der Waals surface area contributed by atoms with Crippen LogP contribution in [0.5, 0.6) is 0 Å². The summed E-state index contributed by atoms with van der Waals surface area (Å²) in [7, 11) is 0. The Labute approximate surface area is 99.2 Å². The largest absolute Gasteiger partial charge is 0.490 e. The van der Waals surface area contributed by atoms with Crippen molar-refractivity contribution >= 4 is 5.97 Å². The third kappa shape index (κ3) is 4.56. The average Bonchev–Trinajstić information content (AvgIpc) is 2.67. The molecule has 2 fully saturated rings. The highest BCUT2D eigenvalue weighted by atomic mass is 19.4. The fourth-order valence-electron chi connectivity index (χ4n) is 2.93. The number of alkyl halides is 3. The van der Waals surface area contributed by atoms with Crippen LogP contribution in [0.3, 0.4) is 0 Å². The van der Waals surface area contributed by atoms with Crippen LogP contribution in [-0.4, -0.2) is 17.3 Å². The Hall–Kier alpha value is -0.740. The van der Waals surface area contributed by atoms with Crippen molar-refractivity contribution in [2.75, 3.05) is 0 Å². The van der Waals surface area contributed by atoms with Crippen molar-refractivity contribution in [3.63, 3.8) is 0 Å². The third-order valence-electron chi connectivity index (χ3n) is 3.82.